The number of Topliss-reactive ketones (excluding diaryl/α,β-unsaturated/α-hetero) is 1. The molecule has 134 valence electrons. The van der Waals surface area contributed by atoms with Gasteiger partial charge in [-0.2, -0.15) is 0 Å². The van der Waals surface area contributed by atoms with E-state index in [0.717, 1.165) is 32.1 Å². The van der Waals surface area contributed by atoms with Crippen LogP contribution in [0.3, 0.4) is 0 Å². The largest absolute Gasteiger partial charge is 0.390 e. The monoisotopic (exact) mass is 330 g/mol. The van der Waals surface area contributed by atoms with Crippen molar-refractivity contribution in [3.8, 4) is 0 Å². The molecule has 7 atom stereocenters. The number of hydrogen-bond acceptors (Lipinski definition) is 2. The van der Waals surface area contributed by atoms with Crippen LogP contribution in [0.4, 0.5) is 0 Å². The number of rotatable bonds is 1. The van der Waals surface area contributed by atoms with Crippen molar-refractivity contribution in [1.29, 1.82) is 0 Å². The lowest BCUT2D eigenvalue weighted by Crippen LogP contribution is -2.51. The molecule has 4 aliphatic carbocycles. The van der Waals surface area contributed by atoms with Crippen LogP contribution in [-0.4, -0.2) is 16.5 Å². The maximum atomic E-state index is 12.2. The Morgan fingerprint density at radius 1 is 1.12 bits per heavy atom. The molecule has 1 unspecified atom stereocenters. The number of ketones is 1. The van der Waals surface area contributed by atoms with Crippen LogP contribution in [0.2, 0.25) is 0 Å². The van der Waals surface area contributed by atoms with Crippen molar-refractivity contribution in [3.63, 3.8) is 0 Å². The molecule has 0 heterocycles. The Morgan fingerprint density at radius 3 is 2.58 bits per heavy atom. The standard InChI is InChI=1S/C22H34O2/c1-14(23)17-7-8-18-16-6-5-15-13-20(2,24)11-12-21(15,3)19(16)9-10-22(17,18)4/h9,15-18,24H,5-8,10-13H2,1-4H3/t15-,16?,17+,18-,20+,21-,22+/m0/s1. The van der Waals surface area contributed by atoms with Crippen LogP contribution in [0, 0.1) is 34.5 Å². The van der Waals surface area contributed by atoms with E-state index in [-0.39, 0.29) is 11.3 Å². The summed E-state index contributed by atoms with van der Waals surface area (Å²) in [6.07, 6.45) is 11.5. The molecule has 2 nitrogen and oxygen atoms in total. The van der Waals surface area contributed by atoms with Gasteiger partial charge in [-0.3, -0.25) is 4.79 Å². The summed E-state index contributed by atoms with van der Waals surface area (Å²) >= 11 is 0. The molecule has 0 aromatic carbocycles. The molecule has 0 radical (unpaired) electrons. The van der Waals surface area contributed by atoms with Gasteiger partial charge in [-0.05, 0) is 93.8 Å². The average molecular weight is 331 g/mol. The first-order chi connectivity index (χ1) is 11.2. The second kappa shape index (κ2) is 5.19. The minimum absolute atomic E-state index is 0.198. The quantitative estimate of drug-likeness (QED) is 0.694. The van der Waals surface area contributed by atoms with Crippen molar-refractivity contribution >= 4 is 5.78 Å². The van der Waals surface area contributed by atoms with E-state index in [1.54, 1.807) is 12.5 Å². The number of fused-ring (bicyclic) bond motifs is 5. The van der Waals surface area contributed by atoms with Gasteiger partial charge in [0.2, 0.25) is 0 Å². The lowest BCUT2D eigenvalue weighted by Gasteiger charge is -2.58. The zero-order chi connectivity index (χ0) is 17.3. The normalized spacial score (nSPS) is 53.6. The number of aliphatic hydroxyl groups is 1. The predicted octanol–water partition coefficient (Wildman–Crippen LogP) is 4.91. The summed E-state index contributed by atoms with van der Waals surface area (Å²) < 4.78 is 0. The topological polar surface area (TPSA) is 37.3 Å². The van der Waals surface area contributed by atoms with Crippen molar-refractivity contribution in [2.45, 2.75) is 84.7 Å². The minimum atomic E-state index is -0.464. The number of carbonyl (C=O) groups is 1. The molecule has 0 amide bonds. The Balaban J connectivity index is 1.68. The molecule has 0 bridgehead atoms. The minimum Gasteiger partial charge on any atom is -0.390 e. The van der Waals surface area contributed by atoms with E-state index in [0.29, 0.717) is 29.0 Å². The highest BCUT2D eigenvalue weighted by atomic mass is 16.3. The summed E-state index contributed by atoms with van der Waals surface area (Å²) in [6, 6.07) is 0. The SMILES string of the molecule is CC(=O)[C@H]1CC[C@H]2C3CC[C@H]4C[C@](C)(O)CC[C@]4(C)C3=CC[C@]12C. The van der Waals surface area contributed by atoms with Crippen LogP contribution in [0.15, 0.2) is 11.6 Å². The van der Waals surface area contributed by atoms with Gasteiger partial charge in [0.25, 0.3) is 0 Å². The van der Waals surface area contributed by atoms with Gasteiger partial charge in [-0.1, -0.05) is 25.5 Å². The van der Waals surface area contributed by atoms with E-state index < -0.39 is 5.60 Å². The first kappa shape index (κ1) is 16.8. The Morgan fingerprint density at radius 2 is 1.88 bits per heavy atom. The van der Waals surface area contributed by atoms with Crippen LogP contribution in [0.25, 0.3) is 0 Å². The Kier molecular flexibility index (Phi) is 3.64. The van der Waals surface area contributed by atoms with Crippen LogP contribution in [0.1, 0.15) is 79.1 Å². The summed E-state index contributed by atoms with van der Waals surface area (Å²) in [5, 5.41) is 10.6. The zero-order valence-electron chi connectivity index (χ0n) is 15.9. The second-order valence-electron chi connectivity index (χ2n) is 10.2. The first-order valence-electron chi connectivity index (χ1n) is 10.1. The molecule has 0 aromatic rings. The van der Waals surface area contributed by atoms with E-state index >= 15 is 0 Å². The van der Waals surface area contributed by atoms with Gasteiger partial charge < -0.3 is 5.11 Å². The molecule has 2 heteroatoms. The van der Waals surface area contributed by atoms with Gasteiger partial charge in [0.05, 0.1) is 5.60 Å². The van der Waals surface area contributed by atoms with E-state index in [4.69, 9.17) is 0 Å². The van der Waals surface area contributed by atoms with Gasteiger partial charge >= 0.3 is 0 Å². The molecule has 0 aromatic heterocycles. The molecule has 4 rings (SSSR count). The molecule has 24 heavy (non-hydrogen) atoms. The molecule has 1 N–H and O–H groups in total. The number of carbonyl (C=O) groups excluding carboxylic acids is 1. The number of allylic oxidation sites excluding steroid dienone is 2. The third kappa shape index (κ3) is 2.21. The average Bonchev–Trinajstić information content (AvgIpc) is 2.85. The fraction of sp³-hybridized carbons (Fsp3) is 0.864. The van der Waals surface area contributed by atoms with E-state index in [9.17, 15) is 9.90 Å². The maximum absolute atomic E-state index is 12.2. The summed E-state index contributed by atoms with van der Waals surface area (Å²) in [7, 11) is 0. The van der Waals surface area contributed by atoms with Crippen molar-refractivity contribution in [2.24, 2.45) is 34.5 Å². The van der Waals surface area contributed by atoms with Crippen LogP contribution in [-0.2, 0) is 4.79 Å². The highest BCUT2D eigenvalue weighted by Gasteiger charge is 2.58. The highest BCUT2D eigenvalue weighted by molar-refractivity contribution is 5.79. The molecular weight excluding hydrogens is 296 g/mol. The lowest BCUT2D eigenvalue weighted by molar-refractivity contribution is -0.125. The molecule has 3 saturated carbocycles. The predicted molar refractivity (Wildman–Crippen MR) is 96.5 cm³/mol. The molecule has 3 fully saturated rings. The van der Waals surface area contributed by atoms with Gasteiger partial charge in [0.15, 0.2) is 0 Å². The number of hydrogen-bond donors (Lipinski definition) is 1. The van der Waals surface area contributed by atoms with E-state index in [2.05, 4.69) is 19.9 Å². The highest BCUT2D eigenvalue weighted by Crippen LogP contribution is 2.66. The Bertz CT molecular complexity index is 589. The molecule has 4 aliphatic rings. The summed E-state index contributed by atoms with van der Waals surface area (Å²) in [6.45, 7) is 8.70. The Labute approximate surface area is 147 Å². The van der Waals surface area contributed by atoms with Gasteiger partial charge in [-0.25, -0.2) is 0 Å². The van der Waals surface area contributed by atoms with Crippen molar-refractivity contribution in [3.05, 3.63) is 11.6 Å². The first-order valence-corrected chi connectivity index (χ1v) is 10.1. The third-order valence-electron chi connectivity index (χ3n) is 8.80. The van der Waals surface area contributed by atoms with Gasteiger partial charge in [0, 0.05) is 5.92 Å². The summed E-state index contributed by atoms with van der Waals surface area (Å²) in [5.41, 5.74) is 1.73. The van der Waals surface area contributed by atoms with Crippen LogP contribution in [0.5, 0.6) is 0 Å². The molecule has 0 aliphatic heterocycles. The van der Waals surface area contributed by atoms with Crippen LogP contribution >= 0.6 is 0 Å². The summed E-state index contributed by atoms with van der Waals surface area (Å²) in [4.78, 5) is 12.2. The van der Waals surface area contributed by atoms with Crippen molar-refractivity contribution in [2.75, 3.05) is 0 Å². The fourth-order valence-electron chi connectivity index (χ4n) is 7.37. The van der Waals surface area contributed by atoms with E-state index in [1.165, 1.54) is 19.3 Å². The fourth-order valence-corrected chi connectivity index (χ4v) is 7.37. The summed E-state index contributed by atoms with van der Waals surface area (Å²) in [5.74, 6) is 2.71. The molecule has 0 saturated heterocycles. The zero-order valence-corrected chi connectivity index (χ0v) is 15.9. The molecular formula is C22H34O2. The van der Waals surface area contributed by atoms with Crippen molar-refractivity contribution in [1.82, 2.24) is 0 Å². The van der Waals surface area contributed by atoms with E-state index in [1.807, 2.05) is 6.92 Å². The molecule has 0 spiro atoms. The van der Waals surface area contributed by atoms with Gasteiger partial charge in [0.1, 0.15) is 5.78 Å². The smallest absolute Gasteiger partial charge is 0.133 e. The lowest BCUT2D eigenvalue weighted by atomic mass is 9.47. The second-order valence-corrected chi connectivity index (χ2v) is 10.2. The van der Waals surface area contributed by atoms with Crippen LogP contribution < -0.4 is 0 Å². The van der Waals surface area contributed by atoms with Gasteiger partial charge in [-0.15, -0.1) is 0 Å². The maximum Gasteiger partial charge on any atom is 0.133 e. The Hall–Kier alpha value is -0.630. The third-order valence-corrected chi connectivity index (χ3v) is 8.80. The van der Waals surface area contributed by atoms with Crippen molar-refractivity contribution < 1.29 is 9.90 Å².